The van der Waals surface area contributed by atoms with Crippen LogP contribution >= 0.6 is 0 Å². The molecular formula is C15H25NO3. The Bertz CT molecular complexity index is 378. The number of ether oxygens (including phenoxy) is 2. The van der Waals surface area contributed by atoms with Crippen LogP contribution in [0.15, 0.2) is 18.2 Å². The Morgan fingerprint density at radius 2 is 1.95 bits per heavy atom. The molecule has 1 N–H and O–H groups in total. The standard InChI is InChI=1S/C15H25NO3/c1-5-16(6-2)9-10-19-15(17)13-8-7-12(3)11-14(13)18-4/h7-8,11,15,17H,5-6,9-10H2,1-4H3. The van der Waals surface area contributed by atoms with Gasteiger partial charge in [0.05, 0.1) is 13.7 Å². The number of hydrogen-bond acceptors (Lipinski definition) is 4. The van der Waals surface area contributed by atoms with Gasteiger partial charge in [0.2, 0.25) is 0 Å². The highest BCUT2D eigenvalue weighted by atomic mass is 16.6. The van der Waals surface area contributed by atoms with Crippen molar-refractivity contribution in [2.24, 2.45) is 0 Å². The average Bonchev–Trinajstić information content (AvgIpc) is 2.43. The van der Waals surface area contributed by atoms with Crippen LogP contribution in [0.5, 0.6) is 5.75 Å². The summed E-state index contributed by atoms with van der Waals surface area (Å²) in [6, 6.07) is 5.68. The summed E-state index contributed by atoms with van der Waals surface area (Å²) in [5.41, 5.74) is 1.77. The highest BCUT2D eigenvalue weighted by Crippen LogP contribution is 2.26. The summed E-state index contributed by atoms with van der Waals surface area (Å²) in [7, 11) is 1.60. The third-order valence-electron chi connectivity index (χ3n) is 3.23. The predicted molar refractivity (Wildman–Crippen MR) is 76.4 cm³/mol. The van der Waals surface area contributed by atoms with Gasteiger partial charge in [-0.25, -0.2) is 0 Å². The van der Waals surface area contributed by atoms with Gasteiger partial charge in [-0.2, -0.15) is 0 Å². The molecule has 1 unspecified atom stereocenters. The van der Waals surface area contributed by atoms with E-state index in [2.05, 4.69) is 18.7 Å². The Balaban J connectivity index is 2.56. The van der Waals surface area contributed by atoms with E-state index in [9.17, 15) is 5.11 Å². The number of likely N-dealkylation sites (N-methyl/N-ethyl adjacent to an activating group) is 1. The summed E-state index contributed by atoms with van der Waals surface area (Å²) in [6.07, 6.45) is -0.939. The summed E-state index contributed by atoms with van der Waals surface area (Å²) < 4.78 is 10.7. The molecule has 4 nitrogen and oxygen atoms in total. The molecule has 1 atom stereocenters. The van der Waals surface area contributed by atoms with Crippen LogP contribution in [0.4, 0.5) is 0 Å². The third kappa shape index (κ3) is 4.82. The summed E-state index contributed by atoms with van der Waals surface area (Å²) in [5.74, 6) is 0.662. The van der Waals surface area contributed by atoms with Crippen molar-refractivity contribution in [3.63, 3.8) is 0 Å². The molecule has 1 aromatic carbocycles. The molecule has 4 heteroatoms. The van der Waals surface area contributed by atoms with Crippen LogP contribution in [-0.2, 0) is 4.74 Å². The van der Waals surface area contributed by atoms with Gasteiger partial charge in [-0.1, -0.05) is 19.9 Å². The third-order valence-corrected chi connectivity index (χ3v) is 3.23. The van der Waals surface area contributed by atoms with Gasteiger partial charge in [0.15, 0.2) is 6.29 Å². The Kier molecular flexibility index (Phi) is 6.84. The topological polar surface area (TPSA) is 41.9 Å². The molecule has 0 aliphatic heterocycles. The predicted octanol–water partition coefficient (Wildman–Crippen LogP) is 2.35. The van der Waals surface area contributed by atoms with Gasteiger partial charge in [0, 0.05) is 12.1 Å². The maximum Gasteiger partial charge on any atom is 0.184 e. The van der Waals surface area contributed by atoms with E-state index < -0.39 is 6.29 Å². The molecule has 108 valence electrons. The van der Waals surface area contributed by atoms with Crippen molar-refractivity contribution in [3.8, 4) is 5.75 Å². The minimum atomic E-state index is -0.939. The molecule has 0 radical (unpaired) electrons. The van der Waals surface area contributed by atoms with Gasteiger partial charge in [0.25, 0.3) is 0 Å². The minimum absolute atomic E-state index is 0.500. The molecule has 0 aliphatic carbocycles. The Labute approximate surface area is 115 Å². The summed E-state index contributed by atoms with van der Waals surface area (Å²) in [6.45, 7) is 9.51. The Morgan fingerprint density at radius 3 is 2.53 bits per heavy atom. The van der Waals surface area contributed by atoms with Crippen molar-refractivity contribution >= 4 is 0 Å². The molecule has 1 aromatic rings. The number of hydrogen-bond donors (Lipinski definition) is 1. The molecule has 19 heavy (non-hydrogen) atoms. The zero-order valence-corrected chi connectivity index (χ0v) is 12.3. The molecule has 0 spiro atoms. The maximum absolute atomic E-state index is 10.1. The number of aliphatic hydroxyl groups excluding tert-OH is 1. The maximum atomic E-state index is 10.1. The van der Waals surface area contributed by atoms with E-state index in [1.54, 1.807) is 7.11 Å². The zero-order valence-electron chi connectivity index (χ0n) is 12.3. The van der Waals surface area contributed by atoms with E-state index in [-0.39, 0.29) is 0 Å². The van der Waals surface area contributed by atoms with Gasteiger partial charge >= 0.3 is 0 Å². The molecule has 0 saturated heterocycles. The van der Waals surface area contributed by atoms with Crippen molar-refractivity contribution in [3.05, 3.63) is 29.3 Å². The largest absolute Gasteiger partial charge is 0.496 e. The fraction of sp³-hybridized carbons (Fsp3) is 0.600. The molecule has 0 fully saturated rings. The van der Waals surface area contributed by atoms with Crippen molar-refractivity contribution in [2.75, 3.05) is 33.4 Å². The molecule has 0 heterocycles. The smallest absolute Gasteiger partial charge is 0.184 e. The second kappa shape index (κ2) is 8.15. The molecule has 0 saturated carbocycles. The van der Waals surface area contributed by atoms with Crippen molar-refractivity contribution < 1.29 is 14.6 Å². The van der Waals surface area contributed by atoms with Gasteiger partial charge in [-0.05, 0) is 37.7 Å². The Hall–Kier alpha value is -1.10. The lowest BCUT2D eigenvalue weighted by Gasteiger charge is -2.20. The summed E-state index contributed by atoms with van der Waals surface area (Å²) >= 11 is 0. The fourth-order valence-electron chi connectivity index (χ4n) is 1.95. The van der Waals surface area contributed by atoms with Gasteiger partial charge < -0.3 is 19.5 Å². The van der Waals surface area contributed by atoms with Gasteiger partial charge in [-0.3, -0.25) is 0 Å². The lowest BCUT2D eigenvalue weighted by atomic mass is 10.1. The molecular weight excluding hydrogens is 242 g/mol. The molecule has 1 rings (SSSR count). The van der Waals surface area contributed by atoms with E-state index in [4.69, 9.17) is 9.47 Å². The van der Waals surface area contributed by atoms with Crippen LogP contribution in [0, 0.1) is 6.92 Å². The first-order valence-electron chi connectivity index (χ1n) is 6.78. The number of aryl methyl sites for hydroxylation is 1. The van der Waals surface area contributed by atoms with Gasteiger partial charge in [-0.15, -0.1) is 0 Å². The van der Waals surface area contributed by atoms with Crippen LogP contribution in [0.25, 0.3) is 0 Å². The fourth-order valence-corrected chi connectivity index (χ4v) is 1.95. The van der Waals surface area contributed by atoms with E-state index in [0.29, 0.717) is 17.9 Å². The number of aliphatic hydroxyl groups is 1. The molecule has 0 amide bonds. The Morgan fingerprint density at radius 1 is 1.26 bits per heavy atom. The van der Waals surface area contributed by atoms with E-state index in [1.165, 1.54) is 0 Å². The molecule has 0 aliphatic rings. The molecule has 0 aromatic heterocycles. The van der Waals surface area contributed by atoms with Crippen LogP contribution in [0.3, 0.4) is 0 Å². The van der Waals surface area contributed by atoms with Crippen LogP contribution in [-0.4, -0.2) is 43.4 Å². The van der Waals surface area contributed by atoms with Crippen LogP contribution in [0.2, 0.25) is 0 Å². The van der Waals surface area contributed by atoms with E-state index in [1.807, 2.05) is 25.1 Å². The lowest BCUT2D eigenvalue weighted by Crippen LogP contribution is -2.27. The van der Waals surface area contributed by atoms with Crippen molar-refractivity contribution in [1.82, 2.24) is 4.90 Å². The first-order valence-corrected chi connectivity index (χ1v) is 6.78. The quantitative estimate of drug-likeness (QED) is 0.734. The lowest BCUT2D eigenvalue weighted by molar-refractivity contribution is -0.107. The van der Waals surface area contributed by atoms with Crippen molar-refractivity contribution in [1.29, 1.82) is 0 Å². The van der Waals surface area contributed by atoms with E-state index >= 15 is 0 Å². The summed E-state index contributed by atoms with van der Waals surface area (Å²) in [4.78, 5) is 2.25. The number of rotatable bonds is 8. The van der Waals surface area contributed by atoms with E-state index in [0.717, 1.165) is 25.2 Å². The number of benzene rings is 1. The highest BCUT2D eigenvalue weighted by Gasteiger charge is 2.14. The zero-order chi connectivity index (χ0) is 14.3. The minimum Gasteiger partial charge on any atom is -0.496 e. The number of methoxy groups -OCH3 is 1. The highest BCUT2D eigenvalue weighted by molar-refractivity contribution is 5.37. The second-order valence-corrected chi connectivity index (χ2v) is 4.50. The summed E-state index contributed by atoms with van der Waals surface area (Å²) in [5, 5.41) is 10.1. The van der Waals surface area contributed by atoms with Crippen molar-refractivity contribution in [2.45, 2.75) is 27.1 Å². The van der Waals surface area contributed by atoms with Crippen LogP contribution < -0.4 is 4.74 Å². The monoisotopic (exact) mass is 267 g/mol. The normalized spacial score (nSPS) is 12.7. The second-order valence-electron chi connectivity index (χ2n) is 4.50. The van der Waals surface area contributed by atoms with Crippen LogP contribution in [0.1, 0.15) is 31.3 Å². The number of nitrogens with zero attached hydrogens (tertiary/aromatic N) is 1. The first kappa shape index (κ1) is 16.0. The van der Waals surface area contributed by atoms with Gasteiger partial charge in [0.1, 0.15) is 5.75 Å². The first-order chi connectivity index (χ1) is 9.12. The molecule has 0 bridgehead atoms. The average molecular weight is 267 g/mol. The SMILES string of the molecule is CCN(CC)CCOC(O)c1ccc(C)cc1OC.